The lowest BCUT2D eigenvalue weighted by atomic mass is 9.98. The summed E-state index contributed by atoms with van der Waals surface area (Å²) in [4.78, 5) is 33.2. The van der Waals surface area contributed by atoms with Gasteiger partial charge in [-0.15, -0.1) is 0 Å². The molecule has 0 radical (unpaired) electrons. The molecule has 0 bridgehead atoms. The number of pyridine rings is 1. The van der Waals surface area contributed by atoms with E-state index in [1.54, 1.807) is 17.5 Å². The smallest absolute Gasteiger partial charge is 0.254 e. The molecule has 2 amide bonds. The van der Waals surface area contributed by atoms with Gasteiger partial charge in [0.1, 0.15) is 11.9 Å². The Morgan fingerprint density at radius 1 is 1.06 bits per heavy atom. The summed E-state index contributed by atoms with van der Waals surface area (Å²) < 4.78 is 6.12. The van der Waals surface area contributed by atoms with Crippen molar-refractivity contribution in [1.29, 1.82) is 0 Å². The quantitative estimate of drug-likeness (QED) is 0.601. The van der Waals surface area contributed by atoms with Crippen LogP contribution in [-0.2, 0) is 4.79 Å². The summed E-state index contributed by atoms with van der Waals surface area (Å²) in [7, 11) is 0. The van der Waals surface area contributed by atoms with Gasteiger partial charge in [0, 0.05) is 56.3 Å². The molecule has 0 saturated carbocycles. The predicted octanol–water partition coefficient (Wildman–Crippen LogP) is 3.90. The predicted molar refractivity (Wildman–Crippen MR) is 129 cm³/mol. The van der Waals surface area contributed by atoms with E-state index in [4.69, 9.17) is 4.74 Å². The molecule has 2 fully saturated rings. The summed E-state index contributed by atoms with van der Waals surface area (Å²) in [6.45, 7) is 2.80. The molecule has 5 rings (SSSR count). The maximum Gasteiger partial charge on any atom is 0.254 e. The zero-order chi connectivity index (χ0) is 22.6. The first-order valence-electron chi connectivity index (χ1n) is 11.2. The SMILES string of the molecule is O=C(Nc1ccc(OC2CCN(C(=O)c3ccsc3)CC2)cc1)C1CN(c2cccnc2)C1. The minimum absolute atomic E-state index is 0.0249. The summed E-state index contributed by atoms with van der Waals surface area (Å²) in [5.41, 5.74) is 2.58. The molecule has 2 aliphatic heterocycles. The molecule has 4 heterocycles. The van der Waals surface area contributed by atoms with E-state index in [2.05, 4.69) is 15.2 Å². The van der Waals surface area contributed by atoms with Gasteiger partial charge in [-0.2, -0.15) is 11.3 Å². The van der Waals surface area contributed by atoms with E-state index in [0.717, 1.165) is 35.5 Å². The van der Waals surface area contributed by atoms with Gasteiger partial charge in [-0.25, -0.2) is 0 Å². The van der Waals surface area contributed by atoms with Crippen molar-refractivity contribution >= 4 is 34.5 Å². The van der Waals surface area contributed by atoms with Crippen LogP contribution >= 0.6 is 11.3 Å². The van der Waals surface area contributed by atoms with Gasteiger partial charge in [0.05, 0.1) is 23.4 Å². The lowest BCUT2D eigenvalue weighted by molar-refractivity contribution is -0.120. The highest BCUT2D eigenvalue weighted by molar-refractivity contribution is 7.08. The number of aromatic nitrogens is 1. The van der Waals surface area contributed by atoms with Crippen molar-refractivity contribution in [2.75, 3.05) is 36.4 Å². The lowest BCUT2D eigenvalue weighted by Crippen LogP contribution is -2.52. The van der Waals surface area contributed by atoms with Crippen LogP contribution in [0.25, 0.3) is 0 Å². The number of carbonyl (C=O) groups is 2. The lowest BCUT2D eigenvalue weighted by Gasteiger charge is -2.39. The molecule has 170 valence electrons. The molecule has 2 aliphatic rings. The summed E-state index contributed by atoms with van der Waals surface area (Å²) in [6.07, 6.45) is 5.27. The van der Waals surface area contributed by atoms with Crippen LogP contribution in [0.3, 0.4) is 0 Å². The molecule has 7 nitrogen and oxygen atoms in total. The zero-order valence-electron chi connectivity index (χ0n) is 18.2. The Labute approximate surface area is 197 Å². The number of amides is 2. The number of ether oxygens (including phenoxy) is 1. The number of nitrogens with zero attached hydrogens (tertiary/aromatic N) is 3. The standard InChI is InChI=1S/C25H26N4O3S/c30-24(19-15-29(16-19)21-2-1-10-26-14-21)27-20-3-5-22(6-4-20)32-23-7-11-28(12-8-23)25(31)18-9-13-33-17-18/h1-6,9-10,13-14,17,19,23H,7-8,11-12,15-16H2,(H,27,30). The third-order valence-electron chi connectivity index (χ3n) is 6.19. The van der Waals surface area contributed by atoms with Crippen molar-refractivity contribution in [3.05, 3.63) is 71.2 Å². The summed E-state index contributed by atoms with van der Waals surface area (Å²) in [5, 5.41) is 6.82. The summed E-state index contributed by atoms with van der Waals surface area (Å²) >= 11 is 1.54. The van der Waals surface area contributed by atoms with Crippen molar-refractivity contribution in [2.45, 2.75) is 18.9 Å². The first-order chi connectivity index (χ1) is 16.2. The minimum Gasteiger partial charge on any atom is -0.490 e. The van der Waals surface area contributed by atoms with Crippen LogP contribution in [0.4, 0.5) is 11.4 Å². The van der Waals surface area contributed by atoms with Gasteiger partial charge in [0.25, 0.3) is 5.91 Å². The molecule has 8 heteroatoms. The molecule has 33 heavy (non-hydrogen) atoms. The molecule has 1 aromatic carbocycles. The normalized spacial score (nSPS) is 16.8. The van der Waals surface area contributed by atoms with Crippen LogP contribution < -0.4 is 15.0 Å². The molecule has 1 N–H and O–H groups in total. The van der Waals surface area contributed by atoms with E-state index in [-0.39, 0.29) is 23.8 Å². The number of anilines is 2. The minimum atomic E-state index is -0.0249. The number of hydrogen-bond acceptors (Lipinski definition) is 6. The first-order valence-corrected chi connectivity index (χ1v) is 12.1. The van der Waals surface area contributed by atoms with Gasteiger partial charge in [0.2, 0.25) is 5.91 Å². The second-order valence-corrected chi connectivity index (χ2v) is 9.23. The highest BCUT2D eigenvalue weighted by atomic mass is 32.1. The maximum atomic E-state index is 12.5. The van der Waals surface area contributed by atoms with Crippen molar-refractivity contribution in [1.82, 2.24) is 9.88 Å². The largest absolute Gasteiger partial charge is 0.490 e. The summed E-state index contributed by atoms with van der Waals surface area (Å²) in [6, 6.07) is 13.3. The molecule has 0 aliphatic carbocycles. The van der Waals surface area contributed by atoms with E-state index < -0.39 is 0 Å². The molecular weight excluding hydrogens is 436 g/mol. The third-order valence-corrected chi connectivity index (χ3v) is 6.87. The second-order valence-electron chi connectivity index (χ2n) is 8.45. The van der Waals surface area contributed by atoms with Crippen molar-refractivity contribution in [2.24, 2.45) is 5.92 Å². The molecule has 3 aromatic rings. The second kappa shape index (κ2) is 9.62. The van der Waals surface area contributed by atoms with Crippen LogP contribution in [0.1, 0.15) is 23.2 Å². The molecule has 2 aromatic heterocycles. The maximum absolute atomic E-state index is 12.5. The van der Waals surface area contributed by atoms with Crippen molar-refractivity contribution < 1.29 is 14.3 Å². The van der Waals surface area contributed by atoms with Crippen molar-refractivity contribution in [3.63, 3.8) is 0 Å². The van der Waals surface area contributed by atoms with E-state index in [1.807, 2.05) is 64.3 Å². The Kier molecular flexibility index (Phi) is 6.26. The molecule has 0 spiro atoms. The van der Waals surface area contributed by atoms with Crippen LogP contribution in [0.15, 0.2) is 65.6 Å². The Balaban J connectivity index is 1.06. The van der Waals surface area contributed by atoms with Crippen molar-refractivity contribution in [3.8, 4) is 5.75 Å². The monoisotopic (exact) mass is 462 g/mol. The van der Waals surface area contributed by atoms with E-state index in [9.17, 15) is 9.59 Å². The first kappa shape index (κ1) is 21.5. The number of benzene rings is 1. The molecular formula is C25H26N4O3S. The van der Waals surface area contributed by atoms with Crippen LogP contribution in [-0.4, -0.2) is 54.0 Å². The summed E-state index contributed by atoms with van der Waals surface area (Å²) in [5.74, 6) is 0.890. The molecule has 0 atom stereocenters. The number of nitrogens with one attached hydrogen (secondary N) is 1. The number of rotatable bonds is 6. The Bertz CT molecular complexity index is 1070. The van der Waals surface area contributed by atoms with Crippen LogP contribution in [0, 0.1) is 5.92 Å². The number of thiophene rings is 1. The third kappa shape index (κ3) is 5.01. The fraction of sp³-hybridized carbons (Fsp3) is 0.320. The Morgan fingerprint density at radius 3 is 2.52 bits per heavy atom. The fourth-order valence-corrected chi connectivity index (χ4v) is 4.82. The van der Waals surface area contributed by atoms with Gasteiger partial charge < -0.3 is 19.9 Å². The van der Waals surface area contributed by atoms with E-state index in [1.165, 1.54) is 0 Å². The average molecular weight is 463 g/mol. The van der Waals surface area contributed by atoms with E-state index >= 15 is 0 Å². The van der Waals surface area contributed by atoms with Gasteiger partial charge in [-0.3, -0.25) is 14.6 Å². The Hall–Kier alpha value is -3.39. The average Bonchev–Trinajstić information content (AvgIpc) is 3.35. The van der Waals surface area contributed by atoms with Crippen LogP contribution in [0.2, 0.25) is 0 Å². The van der Waals surface area contributed by atoms with Gasteiger partial charge in [0.15, 0.2) is 0 Å². The van der Waals surface area contributed by atoms with Gasteiger partial charge in [-0.05, 0) is 47.8 Å². The number of piperidine rings is 1. The van der Waals surface area contributed by atoms with Gasteiger partial charge >= 0.3 is 0 Å². The fourth-order valence-electron chi connectivity index (χ4n) is 4.20. The van der Waals surface area contributed by atoms with E-state index in [0.29, 0.717) is 26.2 Å². The number of hydrogen-bond donors (Lipinski definition) is 1. The highest BCUT2D eigenvalue weighted by Crippen LogP contribution is 2.26. The molecule has 0 unspecified atom stereocenters. The topological polar surface area (TPSA) is 74.8 Å². The molecule has 2 saturated heterocycles. The highest BCUT2D eigenvalue weighted by Gasteiger charge is 2.33. The number of likely N-dealkylation sites (tertiary alicyclic amines) is 1. The Morgan fingerprint density at radius 2 is 1.85 bits per heavy atom. The van der Waals surface area contributed by atoms with Gasteiger partial charge in [-0.1, -0.05) is 0 Å². The zero-order valence-corrected chi connectivity index (χ0v) is 19.0. The van der Waals surface area contributed by atoms with Crippen LogP contribution in [0.5, 0.6) is 5.75 Å². The number of carbonyl (C=O) groups excluding carboxylic acids is 2.